The SMILES string of the molecule is NC(=O)c1cccc(-c2ccc(CCc3nc4ccccc4[nH]3)cc2)c1. The molecule has 0 aliphatic carbocycles. The number of hydrogen-bond donors (Lipinski definition) is 2. The highest BCUT2D eigenvalue weighted by Crippen LogP contribution is 2.21. The largest absolute Gasteiger partial charge is 0.366 e. The Labute approximate surface area is 151 Å². The van der Waals surface area contributed by atoms with Crippen molar-refractivity contribution in [3.63, 3.8) is 0 Å². The van der Waals surface area contributed by atoms with Crippen LogP contribution in [0, 0.1) is 0 Å². The third kappa shape index (κ3) is 3.35. The fourth-order valence-corrected chi connectivity index (χ4v) is 3.10. The van der Waals surface area contributed by atoms with Gasteiger partial charge in [0, 0.05) is 12.0 Å². The Morgan fingerprint density at radius 3 is 2.46 bits per heavy atom. The van der Waals surface area contributed by atoms with Crippen LogP contribution in [0.5, 0.6) is 0 Å². The maximum Gasteiger partial charge on any atom is 0.248 e. The van der Waals surface area contributed by atoms with Gasteiger partial charge < -0.3 is 10.7 Å². The number of H-pyrrole nitrogens is 1. The Morgan fingerprint density at radius 2 is 1.69 bits per heavy atom. The van der Waals surface area contributed by atoms with Crippen molar-refractivity contribution in [1.82, 2.24) is 9.97 Å². The zero-order chi connectivity index (χ0) is 17.9. The van der Waals surface area contributed by atoms with Gasteiger partial charge in [0.05, 0.1) is 11.0 Å². The summed E-state index contributed by atoms with van der Waals surface area (Å²) < 4.78 is 0. The van der Waals surface area contributed by atoms with Crippen LogP contribution in [0.4, 0.5) is 0 Å². The van der Waals surface area contributed by atoms with Gasteiger partial charge in [0.25, 0.3) is 0 Å². The van der Waals surface area contributed by atoms with E-state index in [2.05, 4.69) is 34.2 Å². The van der Waals surface area contributed by atoms with E-state index in [9.17, 15) is 4.79 Å². The maximum absolute atomic E-state index is 11.3. The van der Waals surface area contributed by atoms with Crippen molar-refractivity contribution in [3.8, 4) is 11.1 Å². The van der Waals surface area contributed by atoms with Gasteiger partial charge in [-0.3, -0.25) is 4.79 Å². The molecule has 0 radical (unpaired) electrons. The lowest BCUT2D eigenvalue weighted by atomic mass is 10.0. The highest BCUT2D eigenvalue weighted by molar-refractivity contribution is 5.94. The average Bonchev–Trinajstić information content (AvgIpc) is 3.10. The third-order valence-electron chi connectivity index (χ3n) is 4.52. The first-order chi connectivity index (χ1) is 12.7. The molecule has 1 aromatic heterocycles. The summed E-state index contributed by atoms with van der Waals surface area (Å²) in [6.07, 6.45) is 1.78. The van der Waals surface area contributed by atoms with Crippen LogP contribution in [0.1, 0.15) is 21.7 Å². The molecule has 3 N–H and O–H groups in total. The van der Waals surface area contributed by atoms with E-state index in [0.717, 1.165) is 40.8 Å². The Morgan fingerprint density at radius 1 is 0.885 bits per heavy atom. The zero-order valence-corrected chi connectivity index (χ0v) is 14.3. The number of carbonyl (C=O) groups excluding carboxylic acids is 1. The molecular formula is C22H19N3O. The van der Waals surface area contributed by atoms with E-state index in [0.29, 0.717) is 5.56 Å². The van der Waals surface area contributed by atoms with E-state index < -0.39 is 5.91 Å². The molecule has 4 aromatic rings. The van der Waals surface area contributed by atoms with E-state index in [1.165, 1.54) is 5.56 Å². The van der Waals surface area contributed by atoms with Gasteiger partial charge in [-0.15, -0.1) is 0 Å². The van der Waals surface area contributed by atoms with Gasteiger partial charge in [-0.05, 0) is 47.4 Å². The molecule has 0 aliphatic rings. The van der Waals surface area contributed by atoms with Crippen molar-refractivity contribution in [1.29, 1.82) is 0 Å². The Hall–Kier alpha value is -3.40. The van der Waals surface area contributed by atoms with Crippen molar-refractivity contribution in [3.05, 3.63) is 89.7 Å². The lowest BCUT2D eigenvalue weighted by Crippen LogP contribution is -2.10. The van der Waals surface area contributed by atoms with Crippen LogP contribution in [-0.4, -0.2) is 15.9 Å². The van der Waals surface area contributed by atoms with E-state index in [-0.39, 0.29) is 0 Å². The minimum absolute atomic E-state index is 0.408. The predicted molar refractivity (Wildman–Crippen MR) is 104 cm³/mol. The van der Waals surface area contributed by atoms with Crippen LogP contribution >= 0.6 is 0 Å². The predicted octanol–water partition coefficient (Wildman–Crippen LogP) is 4.11. The van der Waals surface area contributed by atoms with Crippen molar-refractivity contribution in [2.24, 2.45) is 5.73 Å². The number of nitrogens with one attached hydrogen (secondary N) is 1. The number of nitrogens with zero attached hydrogens (tertiary/aromatic N) is 1. The number of fused-ring (bicyclic) bond motifs is 1. The van der Waals surface area contributed by atoms with Gasteiger partial charge in [0.2, 0.25) is 5.91 Å². The van der Waals surface area contributed by atoms with Crippen molar-refractivity contribution in [2.45, 2.75) is 12.8 Å². The summed E-state index contributed by atoms with van der Waals surface area (Å²) in [7, 11) is 0. The number of imidazole rings is 1. The van der Waals surface area contributed by atoms with E-state index in [4.69, 9.17) is 5.73 Å². The van der Waals surface area contributed by atoms with Gasteiger partial charge in [-0.25, -0.2) is 4.98 Å². The molecule has 4 rings (SSSR count). The molecular weight excluding hydrogens is 322 g/mol. The summed E-state index contributed by atoms with van der Waals surface area (Å²) in [5.41, 5.74) is 11.3. The lowest BCUT2D eigenvalue weighted by Gasteiger charge is -2.05. The second-order valence-electron chi connectivity index (χ2n) is 6.34. The van der Waals surface area contributed by atoms with Crippen LogP contribution in [0.15, 0.2) is 72.8 Å². The first-order valence-electron chi connectivity index (χ1n) is 8.62. The highest BCUT2D eigenvalue weighted by atomic mass is 16.1. The van der Waals surface area contributed by atoms with Crippen molar-refractivity contribution in [2.75, 3.05) is 0 Å². The van der Waals surface area contributed by atoms with Gasteiger partial charge >= 0.3 is 0 Å². The minimum Gasteiger partial charge on any atom is -0.366 e. The standard InChI is InChI=1S/C22H19N3O/c23-22(26)18-5-3-4-17(14-18)16-11-8-15(9-12-16)10-13-21-24-19-6-1-2-7-20(19)25-21/h1-9,11-12,14H,10,13H2,(H2,23,26)(H,24,25). The number of benzene rings is 3. The molecule has 0 saturated heterocycles. The van der Waals surface area contributed by atoms with Crippen LogP contribution in [0.3, 0.4) is 0 Å². The molecule has 1 amide bonds. The quantitative estimate of drug-likeness (QED) is 0.573. The molecule has 3 aromatic carbocycles. The maximum atomic E-state index is 11.3. The molecule has 0 saturated carbocycles. The third-order valence-corrected chi connectivity index (χ3v) is 4.52. The Balaban J connectivity index is 1.47. The molecule has 4 nitrogen and oxygen atoms in total. The number of hydrogen-bond acceptors (Lipinski definition) is 2. The minimum atomic E-state index is -0.408. The number of nitrogens with two attached hydrogens (primary N) is 1. The van der Waals surface area contributed by atoms with Gasteiger partial charge in [-0.1, -0.05) is 48.5 Å². The second-order valence-corrected chi connectivity index (χ2v) is 6.34. The summed E-state index contributed by atoms with van der Waals surface area (Å²) >= 11 is 0. The molecule has 1 heterocycles. The lowest BCUT2D eigenvalue weighted by molar-refractivity contribution is 0.100. The molecule has 0 bridgehead atoms. The fraction of sp³-hybridized carbons (Fsp3) is 0.0909. The van der Waals surface area contributed by atoms with Crippen LogP contribution in [-0.2, 0) is 12.8 Å². The summed E-state index contributed by atoms with van der Waals surface area (Å²) in [6, 6.07) is 23.9. The van der Waals surface area contributed by atoms with E-state index in [1.807, 2.05) is 42.5 Å². The average molecular weight is 341 g/mol. The van der Waals surface area contributed by atoms with Gasteiger partial charge in [-0.2, -0.15) is 0 Å². The molecule has 4 heteroatoms. The topological polar surface area (TPSA) is 71.8 Å². The van der Waals surface area contributed by atoms with Gasteiger partial charge in [0.1, 0.15) is 5.82 Å². The number of aromatic amines is 1. The smallest absolute Gasteiger partial charge is 0.248 e. The molecule has 0 atom stereocenters. The summed E-state index contributed by atoms with van der Waals surface area (Å²) in [4.78, 5) is 19.3. The monoisotopic (exact) mass is 341 g/mol. The first-order valence-corrected chi connectivity index (χ1v) is 8.62. The molecule has 0 aliphatic heterocycles. The Bertz CT molecular complexity index is 1030. The normalized spacial score (nSPS) is 10.9. The summed E-state index contributed by atoms with van der Waals surface area (Å²) in [5.74, 6) is 0.596. The molecule has 26 heavy (non-hydrogen) atoms. The number of aromatic nitrogens is 2. The first kappa shape index (κ1) is 16.1. The molecule has 128 valence electrons. The highest BCUT2D eigenvalue weighted by Gasteiger charge is 2.05. The molecule has 0 spiro atoms. The van der Waals surface area contributed by atoms with Crippen LogP contribution < -0.4 is 5.73 Å². The summed E-state index contributed by atoms with van der Waals surface area (Å²) in [6.45, 7) is 0. The number of amides is 1. The number of para-hydroxylation sites is 2. The second kappa shape index (κ2) is 6.84. The zero-order valence-electron chi connectivity index (χ0n) is 14.3. The van der Waals surface area contributed by atoms with Crippen LogP contribution in [0.2, 0.25) is 0 Å². The van der Waals surface area contributed by atoms with Crippen LogP contribution in [0.25, 0.3) is 22.2 Å². The molecule has 0 unspecified atom stereocenters. The van der Waals surface area contributed by atoms with E-state index >= 15 is 0 Å². The fourth-order valence-electron chi connectivity index (χ4n) is 3.10. The Kier molecular flexibility index (Phi) is 4.23. The van der Waals surface area contributed by atoms with Gasteiger partial charge in [0.15, 0.2) is 0 Å². The number of rotatable bonds is 5. The number of carbonyl (C=O) groups is 1. The van der Waals surface area contributed by atoms with Crippen molar-refractivity contribution < 1.29 is 4.79 Å². The summed E-state index contributed by atoms with van der Waals surface area (Å²) in [5, 5.41) is 0. The van der Waals surface area contributed by atoms with E-state index in [1.54, 1.807) is 6.07 Å². The van der Waals surface area contributed by atoms with Crippen molar-refractivity contribution >= 4 is 16.9 Å². The molecule has 0 fully saturated rings. The number of aryl methyl sites for hydroxylation is 2. The number of primary amides is 1.